The third-order valence-corrected chi connectivity index (χ3v) is 12.8. The zero-order chi connectivity index (χ0) is 127. The second-order valence-electron chi connectivity index (χ2n) is 19.0. The van der Waals surface area contributed by atoms with Crippen molar-refractivity contribution in [3.8, 4) is 34.5 Å². The summed E-state index contributed by atoms with van der Waals surface area (Å²) < 4.78 is 638. The average Bonchev–Trinajstić information content (AvgIpc) is 0.643. The van der Waals surface area contributed by atoms with Gasteiger partial charge in [-0.25, -0.2) is 0 Å². The average molecular weight is 1330 g/mol. The first kappa shape index (κ1) is 22.9. The highest BCUT2D eigenvalue weighted by molar-refractivity contribution is 5.77. The lowest BCUT2D eigenvalue weighted by Crippen LogP contribution is -2.51. The van der Waals surface area contributed by atoms with Gasteiger partial charge < -0.3 is 59.8 Å². The summed E-state index contributed by atoms with van der Waals surface area (Å²) in [6.07, 6.45) is -39.2. The molecule has 0 spiro atoms. The monoisotopic (exact) mass is 1330 g/mol. The molecule has 12 unspecified atom stereocenters. The van der Waals surface area contributed by atoms with Crippen LogP contribution in [0.3, 0.4) is 0 Å². The van der Waals surface area contributed by atoms with E-state index < -0.39 is 383 Å². The maximum absolute atomic E-state index is 13.9. The number of benzene rings is 3. The van der Waals surface area contributed by atoms with Gasteiger partial charge in [-0.2, -0.15) is 0 Å². The van der Waals surface area contributed by atoms with Crippen LogP contribution >= 0.6 is 0 Å². The molecule has 0 radical (unpaired) electrons. The summed E-state index contributed by atoms with van der Waals surface area (Å²) in [5, 5.41) is 0. The lowest BCUT2D eigenvalue weighted by atomic mass is 9.79. The number of methoxy groups -OCH3 is 6. The fourth-order valence-electron chi connectivity index (χ4n) is 8.71. The van der Waals surface area contributed by atoms with Gasteiger partial charge >= 0.3 is 17.9 Å². The predicted octanol–water partition coefficient (Wildman–Crippen LogP) is 10.7. The molecule has 15 atom stereocenters. The second kappa shape index (κ2) is 32.5. The summed E-state index contributed by atoms with van der Waals surface area (Å²) in [5.41, 5.74) is 12.8. The van der Waals surface area contributed by atoms with E-state index in [2.05, 4.69) is 0 Å². The van der Waals surface area contributed by atoms with Crippen LogP contribution in [0.1, 0.15) is 268 Å². The first-order valence-corrected chi connectivity index (χ1v) is 26.2. The molecule has 0 aromatic heterocycles. The van der Waals surface area contributed by atoms with Crippen LogP contribution in [-0.2, 0) is 47.9 Å². The molecule has 6 N–H and O–H groups in total. The Balaban J connectivity index is 0.000000323. The van der Waals surface area contributed by atoms with Crippen molar-refractivity contribution in [1.29, 1.82) is 0 Å². The topological polar surface area (TPSA) is 222 Å². The summed E-state index contributed by atoms with van der Waals surface area (Å²) in [6.45, 7) is -50.1. The Hall–Kier alpha value is -5.37. The minimum atomic E-state index is -4.83. The standard InChI is InChI=1S/3C24H38N2O4/c3*1-14(2)9-17-13-26-8-7-16-10-21(28-5)22(29-6)11-18(16)19(26)12-20(17)30-24(27)23(25)15(3)4/h3*10-11,14-15,17,19-20,23H,7-9,12-13,25H2,1-6H3/t3*17?,19?,20?,23-/m000/s1/i1D3,3D3,4D3,9D2,10D,11D,12D2,13D2,14D,15D,17D,19D,20D,23D;1D3,3D3,4D3,5D3,9D2,10D,11D,12D2,13D2,14D,15D,17D,19D,23D;1D3,3D3,4D3,9D2,10D,11D,12D2,13D2,14D,15D,17D,19D,23D/t3*14?,17?,19?,20?,23-. The molecule has 3 saturated heterocycles. The highest BCUT2D eigenvalue weighted by Crippen LogP contribution is 2.48. The lowest BCUT2D eigenvalue weighted by Gasteiger charge is -2.47. The van der Waals surface area contributed by atoms with Crippen molar-refractivity contribution in [2.75, 3.05) is 81.7 Å². The smallest absolute Gasteiger partial charge is 0.323 e. The van der Waals surface area contributed by atoms with Crippen molar-refractivity contribution >= 4 is 17.9 Å². The summed E-state index contributed by atoms with van der Waals surface area (Å²) in [7, 11) is 1.76. The second-order valence-corrected chi connectivity index (χ2v) is 19.0. The SMILES string of the molecule is [2H]c1c2c(c([2H])c(OC)c1OC([2H])([2H])[2H])C1([2H])N(CC2)C([2H])([2H])C([2H])(C([2H])([2H])C([2H])(C)C([2H])([2H])[2H])C(OC(=O)[C@@]([2H])(N)C([2H])(C([2H])([2H])[2H])C([2H])([2H])[2H])C1([2H])[2H].[2H]c1c2c(c([2H])c(OC)c1OC)C1([2H])N(CC2)C([2H])([2H])C([2H])(C([2H])([2H])C([2H])(C)C([2H])([2H])[2H])C(OC(=O)[C@@]([2H])(N)C([2H])(C([2H])([2H])[2H])C([2H])([2H])[2H])C1([2H])[2H].[2H]c1c2c(c([2H])c(OC)c1OC)C1([2H])N(CC2)C([2H])([2H])C([2H])(C([2H])([2H])C([2H])(C)C([2H])([2H])[2H])C([2H])(OC(=O)[C@@]([2H])(N)C([2H])(C([2H])([2H])[2H])C([2H])([2H])[2H])C1([2H])[2H]. The Morgan fingerprint density at radius 3 is 1.14 bits per heavy atom. The minimum absolute atomic E-state index is 0.114. The fraction of sp³-hybridized carbons (Fsp3) is 0.708. The highest BCUT2D eigenvalue weighted by Gasteiger charge is 2.45. The molecule has 18 heteroatoms. The van der Waals surface area contributed by atoms with Crippen molar-refractivity contribution in [3.63, 3.8) is 0 Å². The minimum Gasteiger partial charge on any atom is -0.493 e. The number of rotatable bonds is 21. The van der Waals surface area contributed by atoms with Gasteiger partial charge in [0.05, 0.1) is 64.5 Å². The number of esters is 3. The van der Waals surface area contributed by atoms with Gasteiger partial charge in [-0.05, 0) is 143 Å². The van der Waals surface area contributed by atoms with E-state index in [-0.39, 0.29) is 26.0 Å². The van der Waals surface area contributed by atoms with Crippen LogP contribution in [0.2, 0.25) is 0 Å². The zero-order valence-corrected chi connectivity index (χ0v) is 49.4. The molecule has 0 bridgehead atoms. The first-order valence-electron chi connectivity index (χ1n) is 61.2. The molecule has 0 aliphatic carbocycles. The summed E-state index contributed by atoms with van der Waals surface area (Å²) >= 11 is 0. The Morgan fingerprint density at radius 1 is 0.500 bits per heavy atom. The third-order valence-electron chi connectivity index (χ3n) is 12.8. The van der Waals surface area contributed by atoms with E-state index in [4.69, 9.17) is 130 Å². The molecule has 18 nitrogen and oxygen atoms in total. The van der Waals surface area contributed by atoms with Gasteiger partial charge in [0, 0.05) is 168 Å². The fourth-order valence-corrected chi connectivity index (χ4v) is 8.71. The molecule has 90 heavy (non-hydrogen) atoms. The molecule has 3 aromatic rings. The third kappa shape index (κ3) is 17.5. The van der Waals surface area contributed by atoms with Crippen LogP contribution in [0.25, 0.3) is 0 Å². The van der Waals surface area contributed by atoms with Crippen LogP contribution in [-0.4, -0.2) is 151 Å². The largest absolute Gasteiger partial charge is 0.493 e. The number of piperidine rings is 3. The van der Waals surface area contributed by atoms with Crippen molar-refractivity contribution in [1.82, 2.24) is 14.7 Å². The van der Waals surface area contributed by atoms with Crippen LogP contribution in [0.15, 0.2) is 36.3 Å². The molecule has 0 saturated carbocycles. The number of ether oxygens (including phenoxy) is 9. The summed E-state index contributed by atoms with van der Waals surface area (Å²) in [4.78, 5) is 42.2. The zero-order valence-electron chi connectivity index (χ0n) is 119. The maximum atomic E-state index is 13.9. The molecule has 3 aromatic carbocycles. The number of nitrogens with zero attached hydrogens (tertiary/aromatic N) is 3. The van der Waals surface area contributed by atoms with Crippen molar-refractivity contribution in [3.05, 3.63) is 69.6 Å². The summed E-state index contributed by atoms with van der Waals surface area (Å²) in [5.74, 6) is -49.2. The van der Waals surface area contributed by atoms with Gasteiger partial charge in [-0.3, -0.25) is 29.1 Å². The van der Waals surface area contributed by atoms with E-state index >= 15 is 0 Å². The summed E-state index contributed by atoms with van der Waals surface area (Å²) in [6, 6.07) is -29.0. The van der Waals surface area contributed by atoms with Crippen LogP contribution in [0.5, 0.6) is 34.5 Å². The maximum Gasteiger partial charge on any atom is 0.323 e. The first-order chi connectivity index (χ1) is 70.0. The Morgan fingerprint density at radius 2 is 0.811 bits per heavy atom. The molecular weight excluding hydrogens is 1140 g/mol. The van der Waals surface area contributed by atoms with E-state index in [0.29, 0.717) is 20.8 Å². The molecule has 504 valence electrons. The molecule has 6 heterocycles. The van der Waals surface area contributed by atoms with E-state index in [0.717, 1.165) is 35.5 Å². The highest BCUT2D eigenvalue weighted by atomic mass is 16.6. The molecular formula is C72H114N6O12. The van der Waals surface area contributed by atoms with Crippen LogP contribution in [0, 0.1) is 53.0 Å². The molecule has 6 aliphatic rings. The molecule has 3 fully saturated rings. The lowest BCUT2D eigenvalue weighted by molar-refractivity contribution is -0.161. The van der Waals surface area contributed by atoms with Gasteiger partial charge in [-0.1, -0.05) is 82.4 Å². The van der Waals surface area contributed by atoms with E-state index in [1.807, 2.05) is 0 Å². The number of nitrogens with two attached hydrogens (primary N) is 3. The van der Waals surface area contributed by atoms with Crippen molar-refractivity contribution in [2.45, 2.75) is 194 Å². The van der Waals surface area contributed by atoms with Gasteiger partial charge in [0.2, 0.25) is 0 Å². The number of carbonyl (C=O) groups is 3. The Bertz CT molecular complexity index is 6050. The van der Waals surface area contributed by atoms with Crippen molar-refractivity contribution < 1.29 is 153 Å². The normalized spacial score (nSPS) is 50.6. The number of carbonyl (C=O) groups excluding carboxylic acids is 3. The van der Waals surface area contributed by atoms with E-state index in [1.165, 1.54) is 0 Å². The van der Waals surface area contributed by atoms with Crippen LogP contribution in [0.4, 0.5) is 0 Å². The van der Waals surface area contributed by atoms with Gasteiger partial charge in [-0.15, -0.1) is 0 Å². The number of hydrogen-bond acceptors (Lipinski definition) is 18. The van der Waals surface area contributed by atoms with E-state index in [9.17, 15) is 40.4 Å². The molecule has 6 aliphatic heterocycles. The van der Waals surface area contributed by atoms with Crippen molar-refractivity contribution in [2.24, 2.45) is 70.2 Å². The molecule has 9 rings (SSSR count). The quantitative estimate of drug-likeness (QED) is 0.0666. The Labute approximate surface area is 637 Å². The predicted molar refractivity (Wildman–Crippen MR) is 353 cm³/mol. The molecule has 0 amide bonds. The van der Waals surface area contributed by atoms with Gasteiger partial charge in [0.25, 0.3) is 0 Å². The van der Waals surface area contributed by atoms with Gasteiger partial charge in [0.1, 0.15) is 36.3 Å². The Kier molecular flexibility index (Phi) is 8.27. The number of hydrogen-bond donors (Lipinski definition) is 3. The van der Waals surface area contributed by atoms with Gasteiger partial charge in [0.15, 0.2) is 34.5 Å². The number of fused-ring (bicyclic) bond motifs is 9. The van der Waals surface area contributed by atoms with Crippen LogP contribution < -0.4 is 45.6 Å². The van der Waals surface area contributed by atoms with E-state index in [1.54, 1.807) is 0 Å².